The Morgan fingerprint density at radius 1 is 1.33 bits per heavy atom. The molecule has 0 aliphatic heterocycles. The zero-order valence-corrected chi connectivity index (χ0v) is 11.6. The molecule has 0 unspecified atom stereocenters. The second kappa shape index (κ2) is 4.55. The Morgan fingerprint density at radius 2 is 2.00 bits per heavy atom. The van der Waals surface area contributed by atoms with Crippen LogP contribution in [0.1, 0.15) is 32.1 Å². The van der Waals surface area contributed by atoms with Crippen molar-refractivity contribution in [3.63, 3.8) is 0 Å². The summed E-state index contributed by atoms with van der Waals surface area (Å²) in [6, 6.07) is 1.90. The molecule has 84 valence electrons. The van der Waals surface area contributed by atoms with Gasteiger partial charge in [0, 0.05) is 6.07 Å². The summed E-state index contributed by atoms with van der Waals surface area (Å²) in [6.07, 6.45) is 5.26. The van der Waals surface area contributed by atoms with Crippen LogP contribution in [0.4, 0.5) is 0 Å². The van der Waals surface area contributed by atoms with Gasteiger partial charge in [-0.15, -0.1) is 0 Å². The van der Waals surface area contributed by atoms with E-state index in [9.17, 15) is 5.11 Å². The Hall–Kier alpha value is 0.130. The van der Waals surface area contributed by atoms with Crippen LogP contribution in [0.25, 0.3) is 0 Å². The lowest BCUT2D eigenvalue weighted by atomic mass is 9.85. The maximum Gasteiger partial charge on any atom is 0.129 e. The topological polar surface area (TPSA) is 38.0 Å². The lowest BCUT2D eigenvalue weighted by Crippen LogP contribution is -2.36. The minimum absolute atomic E-state index is 0.563. The second-order valence-corrected chi connectivity index (χ2v) is 5.86. The maximum absolute atomic E-state index is 10.4. The summed E-state index contributed by atoms with van der Waals surface area (Å²) < 4.78 is 3.53. The molecule has 0 saturated heterocycles. The van der Waals surface area contributed by atoms with Gasteiger partial charge in [-0.2, -0.15) is 5.10 Å². The standard InChI is InChI=1S/C10H14Br2N2O/c11-8-6-9(12)14(13-8)7-10(15)4-2-1-3-5-10/h6,15H,1-5,7H2. The average molecular weight is 338 g/mol. The zero-order valence-electron chi connectivity index (χ0n) is 8.42. The van der Waals surface area contributed by atoms with Gasteiger partial charge >= 0.3 is 0 Å². The van der Waals surface area contributed by atoms with Gasteiger partial charge in [0.05, 0.1) is 12.1 Å². The van der Waals surface area contributed by atoms with Gasteiger partial charge in [-0.05, 0) is 44.7 Å². The van der Waals surface area contributed by atoms with E-state index in [2.05, 4.69) is 37.0 Å². The summed E-state index contributed by atoms with van der Waals surface area (Å²) in [6.45, 7) is 0.583. The van der Waals surface area contributed by atoms with Crippen LogP contribution in [-0.4, -0.2) is 20.5 Å². The van der Waals surface area contributed by atoms with Crippen LogP contribution in [-0.2, 0) is 6.54 Å². The molecule has 1 aromatic rings. The number of halogens is 2. The van der Waals surface area contributed by atoms with E-state index in [0.29, 0.717) is 6.54 Å². The van der Waals surface area contributed by atoms with Gasteiger partial charge in [0.15, 0.2) is 0 Å². The van der Waals surface area contributed by atoms with E-state index >= 15 is 0 Å². The number of rotatable bonds is 2. The third-order valence-corrected chi connectivity index (χ3v) is 3.96. The molecule has 0 aromatic carbocycles. The lowest BCUT2D eigenvalue weighted by Gasteiger charge is -2.32. The fourth-order valence-corrected chi connectivity index (χ4v) is 3.26. The minimum Gasteiger partial charge on any atom is -0.388 e. The first-order chi connectivity index (χ1) is 7.09. The van der Waals surface area contributed by atoms with E-state index in [1.807, 2.05) is 10.7 Å². The molecule has 2 rings (SSSR count). The van der Waals surface area contributed by atoms with E-state index in [1.165, 1.54) is 6.42 Å². The van der Waals surface area contributed by atoms with Crippen LogP contribution < -0.4 is 0 Å². The fraction of sp³-hybridized carbons (Fsp3) is 0.700. The van der Waals surface area contributed by atoms with Crippen molar-refractivity contribution in [2.75, 3.05) is 0 Å². The summed E-state index contributed by atoms with van der Waals surface area (Å²) in [5.74, 6) is 0. The molecule has 1 heterocycles. The summed E-state index contributed by atoms with van der Waals surface area (Å²) in [7, 11) is 0. The monoisotopic (exact) mass is 336 g/mol. The third-order valence-electron chi connectivity index (χ3n) is 2.93. The maximum atomic E-state index is 10.4. The molecular formula is C10H14Br2N2O. The van der Waals surface area contributed by atoms with Crippen LogP contribution in [0.2, 0.25) is 0 Å². The van der Waals surface area contributed by atoms with Crippen molar-refractivity contribution in [1.82, 2.24) is 9.78 Å². The third kappa shape index (κ3) is 2.82. The molecule has 1 N–H and O–H groups in total. The van der Waals surface area contributed by atoms with Crippen LogP contribution in [0.3, 0.4) is 0 Å². The molecule has 0 spiro atoms. The quantitative estimate of drug-likeness (QED) is 0.900. The predicted molar refractivity (Wildman–Crippen MR) is 65.7 cm³/mol. The van der Waals surface area contributed by atoms with Gasteiger partial charge in [-0.1, -0.05) is 19.3 Å². The Morgan fingerprint density at radius 3 is 2.53 bits per heavy atom. The molecule has 3 nitrogen and oxygen atoms in total. The SMILES string of the molecule is OC1(Cn2nc(Br)cc2Br)CCCCC1. The summed E-state index contributed by atoms with van der Waals surface area (Å²) >= 11 is 6.75. The van der Waals surface area contributed by atoms with Crippen molar-refractivity contribution < 1.29 is 5.11 Å². The Labute approximate surface area is 106 Å². The number of aliphatic hydroxyl groups is 1. The first kappa shape index (κ1) is 11.6. The summed E-state index contributed by atoms with van der Waals surface area (Å²) in [5, 5.41) is 14.6. The zero-order chi connectivity index (χ0) is 10.9. The highest BCUT2D eigenvalue weighted by atomic mass is 79.9. The van der Waals surface area contributed by atoms with Gasteiger partial charge in [0.2, 0.25) is 0 Å². The van der Waals surface area contributed by atoms with E-state index in [4.69, 9.17) is 0 Å². The summed E-state index contributed by atoms with van der Waals surface area (Å²) in [5.41, 5.74) is -0.563. The van der Waals surface area contributed by atoms with E-state index in [0.717, 1.165) is 34.9 Å². The summed E-state index contributed by atoms with van der Waals surface area (Å²) in [4.78, 5) is 0. The fourth-order valence-electron chi connectivity index (χ4n) is 2.12. The number of aromatic nitrogens is 2. The molecule has 1 saturated carbocycles. The smallest absolute Gasteiger partial charge is 0.129 e. The van der Waals surface area contributed by atoms with Crippen molar-refractivity contribution in [1.29, 1.82) is 0 Å². The van der Waals surface area contributed by atoms with E-state index < -0.39 is 5.60 Å². The number of hydrogen-bond donors (Lipinski definition) is 1. The van der Waals surface area contributed by atoms with Crippen LogP contribution >= 0.6 is 31.9 Å². The van der Waals surface area contributed by atoms with Crippen LogP contribution in [0.15, 0.2) is 15.3 Å². The molecule has 0 atom stereocenters. The van der Waals surface area contributed by atoms with Crippen molar-refractivity contribution in [3.05, 3.63) is 15.3 Å². The second-order valence-electron chi connectivity index (χ2n) is 4.23. The first-order valence-corrected chi connectivity index (χ1v) is 6.79. The lowest BCUT2D eigenvalue weighted by molar-refractivity contribution is -0.0148. The molecule has 15 heavy (non-hydrogen) atoms. The Bertz CT molecular complexity index is 345. The first-order valence-electron chi connectivity index (χ1n) is 5.20. The van der Waals surface area contributed by atoms with Crippen LogP contribution in [0, 0.1) is 0 Å². The van der Waals surface area contributed by atoms with Gasteiger partial charge in [0.25, 0.3) is 0 Å². The molecule has 1 aromatic heterocycles. The average Bonchev–Trinajstić information content (AvgIpc) is 2.45. The molecule has 0 radical (unpaired) electrons. The Balaban J connectivity index is 2.09. The highest BCUT2D eigenvalue weighted by molar-refractivity contribution is 9.11. The predicted octanol–water partition coefficient (Wildman–Crippen LogP) is 3.10. The molecule has 0 amide bonds. The highest BCUT2D eigenvalue weighted by Gasteiger charge is 2.30. The van der Waals surface area contributed by atoms with Crippen LogP contribution in [0.5, 0.6) is 0 Å². The minimum atomic E-state index is -0.563. The molecular weight excluding hydrogens is 324 g/mol. The highest BCUT2D eigenvalue weighted by Crippen LogP contribution is 2.30. The van der Waals surface area contributed by atoms with Crippen molar-refractivity contribution in [2.45, 2.75) is 44.2 Å². The van der Waals surface area contributed by atoms with Gasteiger partial charge < -0.3 is 5.11 Å². The molecule has 1 fully saturated rings. The molecule has 1 aliphatic carbocycles. The van der Waals surface area contributed by atoms with E-state index in [1.54, 1.807) is 0 Å². The van der Waals surface area contributed by atoms with Crippen molar-refractivity contribution in [3.8, 4) is 0 Å². The molecule has 1 aliphatic rings. The van der Waals surface area contributed by atoms with E-state index in [-0.39, 0.29) is 0 Å². The van der Waals surface area contributed by atoms with Crippen molar-refractivity contribution >= 4 is 31.9 Å². The number of nitrogens with zero attached hydrogens (tertiary/aromatic N) is 2. The number of hydrogen-bond acceptors (Lipinski definition) is 2. The normalized spacial score (nSPS) is 20.5. The largest absolute Gasteiger partial charge is 0.388 e. The van der Waals surface area contributed by atoms with Gasteiger partial charge in [0.1, 0.15) is 9.21 Å². The van der Waals surface area contributed by atoms with Crippen molar-refractivity contribution in [2.24, 2.45) is 0 Å². The Kier molecular flexibility index (Phi) is 3.52. The van der Waals surface area contributed by atoms with Gasteiger partial charge in [-0.3, -0.25) is 4.68 Å². The van der Waals surface area contributed by atoms with Gasteiger partial charge in [-0.25, -0.2) is 0 Å². The molecule has 0 bridgehead atoms. The molecule has 5 heteroatoms.